The average Bonchev–Trinajstić information content (AvgIpc) is 2.80. The Bertz CT molecular complexity index is 877. The van der Waals surface area contributed by atoms with E-state index in [0.717, 1.165) is 37.7 Å². The van der Waals surface area contributed by atoms with Gasteiger partial charge in [-0.3, -0.25) is 14.4 Å². The van der Waals surface area contributed by atoms with Gasteiger partial charge in [-0.2, -0.15) is 0 Å². The lowest BCUT2D eigenvalue weighted by Gasteiger charge is -2.54. The van der Waals surface area contributed by atoms with Crippen molar-refractivity contribution in [2.24, 2.45) is 0 Å². The highest BCUT2D eigenvalue weighted by Gasteiger charge is 2.50. The highest BCUT2D eigenvalue weighted by molar-refractivity contribution is 5.94. The van der Waals surface area contributed by atoms with Gasteiger partial charge in [0.2, 0.25) is 11.8 Å². The van der Waals surface area contributed by atoms with Crippen LogP contribution in [-0.4, -0.2) is 82.3 Å². The molecule has 186 valence electrons. The van der Waals surface area contributed by atoms with Crippen molar-refractivity contribution in [1.82, 2.24) is 25.1 Å². The van der Waals surface area contributed by atoms with Crippen LogP contribution in [0.25, 0.3) is 0 Å². The molecule has 0 bridgehead atoms. The maximum atomic E-state index is 13.3. The maximum Gasteiger partial charge on any atom is 0.334 e. The Labute approximate surface area is 202 Å². The van der Waals surface area contributed by atoms with Gasteiger partial charge in [0.15, 0.2) is 0 Å². The summed E-state index contributed by atoms with van der Waals surface area (Å²) in [5.41, 5.74) is 0.963. The Hall–Kier alpha value is -2.94. The number of ketones is 1. The smallest absolute Gasteiger partial charge is 0.334 e. The number of carbonyl (C=O) groups excluding carboxylic acids is 4. The number of nitrogens with one attached hydrogen (secondary N) is 1. The predicted octanol–water partition coefficient (Wildman–Crippen LogP) is 2.37. The molecule has 4 amide bonds. The summed E-state index contributed by atoms with van der Waals surface area (Å²) in [5, 5.41) is 6.05. The van der Waals surface area contributed by atoms with Crippen molar-refractivity contribution in [3.8, 4) is 0 Å². The molecule has 34 heavy (non-hydrogen) atoms. The van der Waals surface area contributed by atoms with E-state index in [1.807, 2.05) is 30.3 Å². The number of carbonyl (C=O) groups is 4. The number of amides is 4. The fraction of sp³-hybridized carbons (Fsp3) is 0.600. The second-order valence-corrected chi connectivity index (χ2v) is 9.21. The summed E-state index contributed by atoms with van der Waals surface area (Å²) in [4.78, 5) is 54.8. The van der Waals surface area contributed by atoms with Gasteiger partial charge >= 0.3 is 6.03 Å². The van der Waals surface area contributed by atoms with Gasteiger partial charge < -0.3 is 15.1 Å². The lowest BCUT2D eigenvalue weighted by Crippen LogP contribution is -2.76. The van der Waals surface area contributed by atoms with E-state index in [4.69, 9.17) is 0 Å². The number of nitrogens with zero attached hydrogens (tertiary/aromatic N) is 4. The standard InChI is InChI=1S/C25H37N5O4/c1-4-5-6-7-11-14-28-17-22-29(21(24(28)33)15-19(2)31)23(32)18-27(3)30(22)25(34)26-16-20-12-9-8-10-13-20/h8-10,12-13,21-22H,4-7,11,14-18H2,1-3H3,(H,26,34)/t21-,22-/m0/s1. The highest BCUT2D eigenvalue weighted by Crippen LogP contribution is 2.27. The molecule has 0 spiro atoms. The normalized spacial score (nSPS) is 21.0. The molecule has 2 aliphatic heterocycles. The summed E-state index contributed by atoms with van der Waals surface area (Å²) in [6.45, 7) is 4.68. The molecule has 1 aromatic carbocycles. The number of urea groups is 1. The summed E-state index contributed by atoms with van der Waals surface area (Å²) in [6, 6.07) is 8.37. The summed E-state index contributed by atoms with van der Waals surface area (Å²) in [5.74, 6) is -0.611. The Morgan fingerprint density at radius 1 is 1.06 bits per heavy atom. The van der Waals surface area contributed by atoms with Crippen LogP contribution in [0.2, 0.25) is 0 Å². The van der Waals surface area contributed by atoms with Gasteiger partial charge in [-0.15, -0.1) is 0 Å². The van der Waals surface area contributed by atoms with E-state index in [-0.39, 0.29) is 43.1 Å². The van der Waals surface area contributed by atoms with E-state index < -0.39 is 12.2 Å². The quantitative estimate of drug-likeness (QED) is 0.529. The van der Waals surface area contributed by atoms with Gasteiger partial charge in [-0.1, -0.05) is 62.9 Å². The van der Waals surface area contributed by atoms with Crippen molar-refractivity contribution >= 4 is 23.6 Å². The number of rotatable bonds is 10. The number of likely N-dealkylation sites (N-methyl/N-ethyl adjacent to an activating group) is 1. The first kappa shape index (κ1) is 25.7. The largest absolute Gasteiger partial charge is 0.337 e. The zero-order valence-electron chi connectivity index (χ0n) is 20.5. The van der Waals surface area contributed by atoms with E-state index in [1.54, 1.807) is 17.0 Å². The van der Waals surface area contributed by atoms with E-state index in [9.17, 15) is 19.2 Å². The molecule has 2 fully saturated rings. The first-order valence-corrected chi connectivity index (χ1v) is 12.2. The molecule has 3 rings (SSSR count). The molecule has 2 aliphatic rings. The van der Waals surface area contributed by atoms with E-state index in [0.29, 0.717) is 13.1 Å². The number of unbranched alkanes of at least 4 members (excludes halogenated alkanes) is 4. The first-order chi connectivity index (χ1) is 16.3. The molecule has 2 heterocycles. The molecule has 2 saturated heterocycles. The van der Waals surface area contributed by atoms with Gasteiger partial charge in [0.25, 0.3) is 0 Å². The minimum absolute atomic E-state index is 0.0338. The third-order valence-corrected chi connectivity index (χ3v) is 6.45. The molecule has 0 saturated carbocycles. The third-order valence-electron chi connectivity index (χ3n) is 6.45. The van der Waals surface area contributed by atoms with Crippen LogP contribution >= 0.6 is 0 Å². The molecule has 0 aromatic heterocycles. The molecule has 1 N–H and O–H groups in total. The molecule has 0 aliphatic carbocycles. The summed E-state index contributed by atoms with van der Waals surface area (Å²) < 4.78 is 0. The van der Waals surface area contributed by atoms with Crippen LogP contribution in [0.3, 0.4) is 0 Å². The zero-order chi connectivity index (χ0) is 24.7. The Morgan fingerprint density at radius 3 is 2.44 bits per heavy atom. The van der Waals surface area contributed by atoms with Crippen LogP contribution in [0.15, 0.2) is 30.3 Å². The van der Waals surface area contributed by atoms with Crippen molar-refractivity contribution in [3.05, 3.63) is 35.9 Å². The number of benzene rings is 1. The number of fused-ring (bicyclic) bond motifs is 1. The molecular weight excluding hydrogens is 434 g/mol. The Morgan fingerprint density at radius 2 is 1.76 bits per heavy atom. The van der Waals surface area contributed by atoms with Gasteiger partial charge in [-0.05, 0) is 18.9 Å². The van der Waals surface area contributed by atoms with Crippen LogP contribution in [0.5, 0.6) is 0 Å². The monoisotopic (exact) mass is 471 g/mol. The third kappa shape index (κ3) is 6.14. The van der Waals surface area contributed by atoms with E-state index in [1.165, 1.54) is 16.8 Å². The number of hydrazine groups is 1. The van der Waals surface area contributed by atoms with E-state index >= 15 is 0 Å². The average molecular weight is 472 g/mol. The first-order valence-electron chi connectivity index (χ1n) is 12.2. The Kier molecular flexibility index (Phi) is 9.04. The van der Waals surface area contributed by atoms with Crippen LogP contribution in [0.1, 0.15) is 57.9 Å². The maximum absolute atomic E-state index is 13.3. The molecule has 0 unspecified atom stereocenters. The van der Waals surface area contributed by atoms with Crippen molar-refractivity contribution in [2.75, 3.05) is 26.7 Å². The summed E-state index contributed by atoms with van der Waals surface area (Å²) in [7, 11) is 1.70. The number of hydrogen-bond donors (Lipinski definition) is 1. The highest BCUT2D eigenvalue weighted by atomic mass is 16.2. The lowest BCUT2D eigenvalue weighted by atomic mass is 10.0. The van der Waals surface area contributed by atoms with Gasteiger partial charge in [0.05, 0.1) is 13.1 Å². The second kappa shape index (κ2) is 12.0. The lowest BCUT2D eigenvalue weighted by molar-refractivity contribution is -0.187. The van der Waals surface area contributed by atoms with Crippen molar-refractivity contribution in [3.63, 3.8) is 0 Å². The number of hydrogen-bond acceptors (Lipinski definition) is 5. The molecular formula is C25H37N5O4. The molecule has 9 nitrogen and oxygen atoms in total. The van der Waals surface area contributed by atoms with Crippen LogP contribution in [0, 0.1) is 0 Å². The van der Waals surface area contributed by atoms with Crippen molar-refractivity contribution in [1.29, 1.82) is 0 Å². The minimum atomic E-state index is -0.877. The summed E-state index contributed by atoms with van der Waals surface area (Å²) >= 11 is 0. The van der Waals surface area contributed by atoms with Crippen LogP contribution in [0.4, 0.5) is 4.79 Å². The van der Waals surface area contributed by atoms with Gasteiger partial charge in [0.1, 0.15) is 18.0 Å². The molecule has 1 aromatic rings. The number of piperazine rings is 1. The van der Waals surface area contributed by atoms with E-state index in [2.05, 4.69) is 12.2 Å². The van der Waals surface area contributed by atoms with Crippen LogP contribution in [-0.2, 0) is 20.9 Å². The summed E-state index contributed by atoms with van der Waals surface area (Å²) in [6.07, 6.45) is 4.59. The second-order valence-electron chi connectivity index (χ2n) is 9.21. The molecule has 0 radical (unpaired) electrons. The predicted molar refractivity (Wildman–Crippen MR) is 128 cm³/mol. The van der Waals surface area contributed by atoms with Gasteiger partial charge in [0, 0.05) is 26.6 Å². The molecule has 2 atom stereocenters. The van der Waals surface area contributed by atoms with Crippen LogP contribution < -0.4 is 5.32 Å². The fourth-order valence-electron chi connectivity index (χ4n) is 4.74. The Balaban J connectivity index is 1.79. The fourth-order valence-corrected chi connectivity index (χ4v) is 4.74. The number of Topliss-reactive ketones (excluding diaryl/α,β-unsaturated/α-hetero) is 1. The SMILES string of the molecule is CCCCCCCN1C[C@H]2N(C(=O)CN(C)N2C(=O)NCc2ccccc2)[C@@H](CC(C)=O)C1=O. The topological polar surface area (TPSA) is 93.3 Å². The molecule has 9 heteroatoms. The van der Waals surface area contributed by atoms with Crippen molar-refractivity contribution in [2.45, 2.75) is 71.1 Å². The zero-order valence-corrected chi connectivity index (χ0v) is 20.5. The van der Waals surface area contributed by atoms with Crippen molar-refractivity contribution < 1.29 is 19.2 Å². The van der Waals surface area contributed by atoms with Gasteiger partial charge in [-0.25, -0.2) is 14.8 Å². The minimum Gasteiger partial charge on any atom is -0.337 e.